The predicted octanol–water partition coefficient (Wildman–Crippen LogP) is 0.195. The zero-order chi connectivity index (χ0) is 18.3. The summed E-state index contributed by atoms with van der Waals surface area (Å²) in [6, 6.07) is 1.83. The number of nitrogens with one attached hydrogen (secondary N) is 1. The van der Waals surface area contributed by atoms with Crippen molar-refractivity contribution < 1.29 is 19.8 Å². The van der Waals surface area contributed by atoms with Gasteiger partial charge in [0.25, 0.3) is 5.97 Å². The Bertz CT molecular complexity index is 554. The normalized spacial score (nSPS) is 23.1. The van der Waals surface area contributed by atoms with E-state index in [1.807, 2.05) is 24.6 Å². The van der Waals surface area contributed by atoms with Crippen LogP contribution in [-0.2, 0) is 16.1 Å². The van der Waals surface area contributed by atoms with E-state index in [1.165, 1.54) is 0 Å². The van der Waals surface area contributed by atoms with E-state index in [4.69, 9.17) is 15.6 Å². The van der Waals surface area contributed by atoms with E-state index >= 15 is 0 Å². The summed E-state index contributed by atoms with van der Waals surface area (Å²) in [6.45, 7) is 6.26. The highest BCUT2D eigenvalue weighted by Crippen LogP contribution is 2.23. The lowest BCUT2D eigenvalue weighted by atomic mass is 9.84. The van der Waals surface area contributed by atoms with Crippen molar-refractivity contribution in [2.75, 3.05) is 6.54 Å². The fraction of sp³-hybridized carbons (Fsp3) is 0.688. The van der Waals surface area contributed by atoms with Crippen LogP contribution in [0.3, 0.4) is 0 Å². The Balaban J connectivity index is 0.000000648. The van der Waals surface area contributed by atoms with Gasteiger partial charge in [0.15, 0.2) is 0 Å². The molecule has 8 nitrogen and oxygen atoms in total. The number of carbonyl (C=O) groups is 2. The molecule has 1 aromatic heterocycles. The Kier molecular flexibility index (Phi) is 7.87. The topological polar surface area (TPSA) is 130 Å². The molecular formula is C16H28N4O4. The first kappa shape index (κ1) is 20.1. The lowest BCUT2D eigenvalue weighted by molar-refractivity contribution is -0.134. The molecule has 3 atom stereocenters. The SMILES string of the molecule is CC(=O)O.Cc1cc(C)n(CCNC(=O)[C@H]2CC[C@@H](N)[C@H](O)C2)n1. The lowest BCUT2D eigenvalue weighted by Gasteiger charge is -2.29. The third-order valence-electron chi connectivity index (χ3n) is 3.97. The fourth-order valence-electron chi connectivity index (χ4n) is 2.74. The molecule has 2 rings (SSSR count). The van der Waals surface area contributed by atoms with Crippen molar-refractivity contribution in [3.63, 3.8) is 0 Å². The highest BCUT2D eigenvalue weighted by Gasteiger charge is 2.30. The van der Waals surface area contributed by atoms with E-state index < -0.39 is 12.1 Å². The number of hydrogen-bond acceptors (Lipinski definition) is 5. The van der Waals surface area contributed by atoms with Crippen molar-refractivity contribution in [3.05, 3.63) is 17.5 Å². The monoisotopic (exact) mass is 340 g/mol. The summed E-state index contributed by atoms with van der Waals surface area (Å²) in [5, 5.41) is 24.4. The maximum atomic E-state index is 12.0. The molecule has 24 heavy (non-hydrogen) atoms. The molecule has 0 unspecified atom stereocenters. The minimum absolute atomic E-state index is 0.0116. The number of aliphatic hydroxyl groups excluding tert-OH is 1. The number of rotatable bonds is 4. The summed E-state index contributed by atoms with van der Waals surface area (Å²) in [6.07, 6.45) is 1.36. The van der Waals surface area contributed by atoms with Gasteiger partial charge in [0.2, 0.25) is 5.91 Å². The van der Waals surface area contributed by atoms with Gasteiger partial charge in [0, 0.05) is 31.1 Å². The molecule has 136 valence electrons. The number of aliphatic hydroxyl groups is 1. The van der Waals surface area contributed by atoms with Gasteiger partial charge in [-0.05, 0) is 39.2 Å². The number of aryl methyl sites for hydroxylation is 2. The van der Waals surface area contributed by atoms with Gasteiger partial charge in [-0.2, -0.15) is 5.10 Å². The third kappa shape index (κ3) is 6.67. The van der Waals surface area contributed by atoms with Crippen LogP contribution in [-0.4, -0.2) is 50.6 Å². The second kappa shape index (κ2) is 9.39. The van der Waals surface area contributed by atoms with Gasteiger partial charge in [-0.25, -0.2) is 0 Å². The Hall–Kier alpha value is -1.93. The number of carboxylic acid groups (broad SMARTS) is 1. The Labute approximate surface area is 142 Å². The summed E-state index contributed by atoms with van der Waals surface area (Å²) in [4.78, 5) is 21.0. The molecule has 0 radical (unpaired) electrons. The van der Waals surface area contributed by atoms with Crippen molar-refractivity contribution in [1.29, 1.82) is 0 Å². The molecule has 1 aliphatic carbocycles. The predicted molar refractivity (Wildman–Crippen MR) is 89.3 cm³/mol. The highest BCUT2D eigenvalue weighted by atomic mass is 16.4. The van der Waals surface area contributed by atoms with Gasteiger partial charge in [-0.15, -0.1) is 0 Å². The molecule has 1 fully saturated rings. The molecule has 5 N–H and O–H groups in total. The first-order chi connectivity index (χ1) is 11.2. The largest absolute Gasteiger partial charge is 0.481 e. The molecule has 0 aromatic carbocycles. The zero-order valence-electron chi connectivity index (χ0n) is 14.5. The smallest absolute Gasteiger partial charge is 0.300 e. The minimum Gasteiger partial charge on any atom is -0.481 e. The van der Waals surface area contributed by atoms with Crippen molar-refractivity contribution in [2.45, 2.75) is 58.7 Å². The van der Waals surface area contributed by atoms with E-state index in [-0.39, 0.29) is 17.9 Å². The van der Waals surface area contributed by atoms with Crippen molar-refractivity contribution in [2.24, 2.45) is 11.7 Å². The molecule has 0 aliphatic heterocycles. The summed E-state index contributed by atoms with van der Waals surface area (Å²) < 4.78 is 1.89. The number of carbonyl (C=O) groups excluding carboxylic acids is 1. The van der Waals surface area contributed by atoms with Crippen molar-refractivity contribution in [1.82, 2.24) is 15.1 Å². The Morgan fingerprint density at radius 2 is 2.04 bits per heavy atom. The number of nitrogens with two attached hydrogens (primary N) is 1. The Morgan fingerprint density at radius 1 is 1.42 bits per heavy atom. The molecule has 1 heterocycles. The fourth-order valence-corrected chi connectivity index (χ4v) is 2.74. The number of aliphatic carboxylic acids is 1. The standard InChI is InChI=1S/C14H24N4O2.C2H4O2/c1-9-7-10(2)18(17-9)6-5-16-14(20)11-3-4-12(15)13(19)8-11;1-2(3)4/h7,11-13,19H,3-6,8,15H2,1-2H3,(H,16,20);1H3,(H,3,4)/t11-,12+,13+;/m0./s1. The van der Waals surface area contributed by atoms with Gasteiger partial charge in [0.1, 0.15) is 0 Å². The van der Waals surface area contributed by atoms with Crippen LogP contribution in [0, 0.1) is 19.8 Å². The number of hydrogen-bond donors (Lipinski definition) is 4. The molecule has 0 spiro atoms. The van der Waals surface area contributed by atoms with Crippen LogP contribution >= 0.6 is 0 Å². The highest BCUT2D eigenvalue weighted by molar-refractivity contribution is 5.78. The first-order valence-corrected chi connectivity index (χ1v) is 8.12. The zero-order valence-corrected chi connectivity index (χ0v) is 14.5. The maximum absolute atomic E-state index is 12.0. The minimum atomic E-state index is -0.833. The average Bonchev–Trinajstić information content (AvgIpc) is 2.79. The second-order valence-corrected chi connectivity index (χ2v) is 6.20. The van der Waals surface area contributed by atoms with Crippen LogP contribution in [0.15, 0.2) is 6.07 Å². The second-order valence-electron chi connectivity index (χ2n) is 6.20. The Morgan fingerprint density at radius 3 is 2.54 bits per heavy atom. The quantitative estimate of drug-likeness (QED) is 0.619. The molecule has 1 saturated carbocycles. The van der Waals surface area contributed by atoms with Gasteiger partial charge in [-0.3, -0.25) is 14.3 Å². The summed E-state index contributed by atoms with van der Waals surface area (Å²) >= 11 is 0. The van der Waals surface area contributed by atoms with Crippen molar-refractivity contribution in [3.8, 4) is 0 Å². The number of carboxylic acids is 1. The third-order valence-corrected chi connectivity index (χ3v) is 3.97. The summed E-state index contributed by atoms with van der Waals surface area (Å²) in [5.74, 6) is -0.942. The number of amides is 1. The van der Waals surface area contributed by atoms with Crippen LogP contribution < -0.4 is 11.1 Å². The molecular weight excluding hydrogens is 312 g/mol. The average molecular weight is 340 g/mol. The number of nitrogens with zero attached hydrogens (tertiary/aromatic N) is 2. The van der Waals surface area contributed by atoms with Crippen LogP contribution in [0.25, 0.3) is 0 Å². The molecule has 1 aliphatic rings. The maximum Gasteiger partial charge on any atom is 0.300 e. The molecule has 0 saturated heterocycles. The summed E-state index contributed by atoms with van der Waals surface area (Å²) in [5.41, 5.74) is 7.82. The van der Waals surface area contributed by atoms with Crippen LogP contribution in [0.5, 0.6) is 0 Å². The van der Waals surface area contributed by atoms with Crippen LogP contribution in [0.4, 0.5) is 0 Å². The van der Waals surface area contributed by atoms with E-state index in [0.717, 1.165) is 24.7 Å². The van der Waals surface area contributed by atoms with E-state index in [9.17, 15) is 9.90 Å². The lowest BCUT2D eigenvalue weighted by Crippen LogP contribution is -2.44. The number of aromatic nitrogens is 2. The van der Waals surface area contributed by atoms with Crippen molar-refractivity contribution >= 4 is 11.9 Å². The van der Waals surface area contributed by atoms with Gasteiger partial charge >= 0.3 is 0 Å². The first-order valence-electron chi connectivity index (χ1n) is 8.12. The van der Waals surface area contributed by atoms with E-state index in [2.05, 4.69) is 10.4 Å². The van der Waals surface area contributed by atoms with Gasteiger partial charge < -0.3 is 21.3 Å². The molecule has 8 heteroatoms. The van der Waals surface area contributed by atoms with E-state index in [0.29, 0.717) is 25.9 Å². The van der Waals surface area contributed by atoms with Crippen LogP contribution in [0.2, 0.25) is 0 Å². The molecule has 0 bridgehead atoms. The van der Waals surface area contributed by atoms with Crippen LogP contribution in [0.1, 0.15) is 37.6 Å². The summed E-state index contributed by atoms with van der Waals surface area (Å²) in [7, 11) is 0. The molecule has 1 aromatic rings. The van der Waals surface area contributed by atoms with E-state index in [1.54, 1.807) is 0 Å². The molecule has 1 amide bonds. The van der Waals surface area contributed by atoms with Gasteiger partial charge in [0.05, 0.1) is 18.3 Å². The van der Waals surface area contributed by atoms with Gasteiger partial charge in [-0.1, -0.05) is 0 Å².